The van der Waals surface area contributed by atoms with Crippen molar-refractivity contribution in [2.75, 3.05) is 19.7 Å². The van der Waals surface area contributed by atoms with Gasteiger partial charge in [-0.3, -0.25) is 4.90 Å². The van der Waals surface area contributed by atoms with E-state index in [4.69, 9.17) is 4.74 Å². The summed E-state index contributed by atoms with van der Waals surface area (Å²) in [5.41, 5.74) is 2.74. The van der Waals surface area contributed by atoms with Gasteiger partial charge in [-0.2, -0.15) is 0 Å². The lowest BCUT2D eigenvalue weighted by Gasteiger charge is -2.31. The monoisotopic (exact) mass is 330 g/mol. The third-order valence-corrected chi connectivity index (χ3v) is 5.36. The molecule has 3 rings (SSSR count). The van der Waals surface area contributed by atoms with Gasteiger partial charge in [0.1, 0.15) is 0 Å². The second-order valence-corrected chi connectivity index (χ2v) is 7.33. The molecular weight excluding hydrogens is 304 g/mol. The molecule has 0 spiro atoms. The Bertz CT molecular complexity index is 599. The minimum absolute atomic E-state index is 0.347. The largest absolute Gasteiger partial charge is 0.376 e. The molecule has 0 radical (unpaired) electrons. The molecule has 1 aromatic heterocycles. The van der Waals surface area contributed by atoms with E-state index in [-0.39, 0.29) is 0 Å². The summed E-state index contributed by atoms with van der Waals surface area (Å²) in [7, 11) is 0. The SMILES string of the molecule is CC1CN(Cc2cccc(CNC(C)c3cccs3)c2)CCO1. The van der Waals surface area contributed by atoms with Crippen LogP contribution < -0.4 is 5.32 Å². The van der Waals surface area contributed by atoms with Crippen LogP contribution in [0.25, 0.3) is 0 Å². The average Bonchev–Trinajstić information content (AvgIpc) is 3.07. The summed E-state index contributed by atoms with van der Waals surface area (Å²) in [5, 5.41) is 5.75. The number of thiophene rings is 1. The van der Waals surface area contributed by atoms with Crippen molar-refractivity contribution in [3.63, 3.8) is 0 Å². The smallest absolute Gasteiger partial charge is 0.0674 e. The maximum absolute atomic E-state index is 5.62. The fraction of sp³-hybridized carbons (Fsp3) is 0.474. The van der Waals surface area contributed by atoms with E-state index in [1.165, 1.54) is 16.0 Å². The molecule has 1 aliphatic heterocycles. The Labute approximate surface area is 143 Å². The maximum Gasteiger partial charge on any atom is 0.0674 e. The molecule has 1 aliphatic rings. The van der Waals surface area contributed by atoms with Crippen molar-refractivity contribution in [2.45, 2.75) is 39.1 Å². The zero-order valence-corrected chi connectivity index (χ0v) is 14.8. The number of ether oxygens (including phenoxy) is 1. The van der Waals surface area contributed by atoms with Gasteiger partial charge in [-0.05, 0) is 36.4 Å². The molecule has 0 bridgehead atoms. The van der Waals surface area contributed by atoms with Gasteiger partial charge in [0.15, 0.2) is 0 Å². The third kappa shape index (κ3) is 4.88. The summed E-state index contributed by atoms with van der Waals surface area (Å²) in [4.78, 5) is 3.87. The first-order chi connectivity index (χ1) is 11.2. The van der Waals surface area contributed by atoms with Crippen molar-refractivity contribution in [1.82, 2.24) is 10.2 Å². The number of nitrogens with zero attached hydrogens (tertiary/aromatic N) is 1. The molecule has 3 nitrogen and oxygen atoms in total. The minimum atomic E-state index is 0.347. The summed E-state index contributed by atoms with van der Waals surface area (Å²) in [6.45, 7) is 9.21. The van der Waals surface area contributed by atoms with E-state index in [0.29, 0.717) is 12.1 Å². The molecule has 0 saturated carbocycles. The molecule has 1 fully saturated rings. The highest BCUT2D eigenvalue weighted by Crippen LogP contribution is 2.19. The first-order valence-corrected chi connectivity index (χ1v) is 9.27. The molecule has 2 aromatic rings. The van der Waals surface area contributed by atoms with Crippen molar-refractivity contribution >= 4 is 11.3 Å². The Kier molecular flexibility index (Phi) is 5.84. The van der Waals surface area contributed by atoms with Crippen LogP contribution >= 0.6 is 11.3 Å². The van der Waals surface area contributed by atoms with Gasteiger partial charge in [0.25, 0.3) is 0 Å². The molecule has 124 valence electrons. The number of rotatable bonds is 6. The Hall–Kier alpha value is -1.20. The highest BCUT2D eigenvalue weighted by atomic mass is 32.1. The Morgan fingerprint density at radius 2 is 2.17 bits per heavy atom. The molecule has 1 saturated heterocycles. The molecule has 1 aromatic carbocycles. The minimum Gasteiger partial charge on any atom is -0.376 e. The standard InChI is InChI=1S/C19H26N2OS/c1-15-13-21(8-9-22-15)14-18-6-3-5-17(11-18)12-20-16(2)19-7-4-10-23-19/h3-7,10-11,15-16,20H,8-9,12-14H2,1-2H3. The summed E-state index contributed by atoms with van der Waals surface area (Å²) >= 11 is 1.81. The second kappa shape index (κ2) is 8.06. The van der Waals surface area contributed by atoms with Gasteiger partial charge in [-0.25, -0.2) is 0 Å². The quantitative estimate of drug-likeness (QED) is 0.871. The van der Waals surface area contributed by atoms with E-state index in [1.807, 2.05) is 11.3 Å². The van der Waals surface area contributed by atoms with Crippen LogP contribution in [-0.2, 0) is 17.8 Å². The van der Waals surface area contributed by atoms with Gasteiger partial charge < -0.3 is 10.1 Å². The van der Waals surface area contributed by atoms with Crippen LogP contribution in [0.15, 0.2) is 41.8 Å². The molecule has 1 N–H and O–H groups in total. The molecule has 0 amide bonds. The first-order valence-electron chi connectivity index (χ1n) is 8.39. The van der Waals surface area contributed by atoms with Crippen LogP contribution in [0, 0.1) is 0 Å². The number of benzene rings is 1. The highest BCUT2D eigenvalue weighted by Gasteiger charge is 2.16. The van der Waals surface area contributed by atoms with Crippen molar-refractivity contribution in [1.29, 1.82) is 0 Å². The first kappa shape index (κ1) is 16.7. The van der Waals surface area contributed by atoms with Gasteiger partial charge in [-0.1, -0.05) is 30.3 Å². The second-order valence-electron chi connectivity index (χ2n) is 6.35. The van der Waals surface area contributed by atoms with Gasteiger partial charge in [0.2, 0.25) is 0 Å². The van der Waals surface area contributed by atoms with Crippen molar-refractivity contribution < 1.29 is 4.74 Å². The molecule has 2 atom stereocenters. The van der Waals surface area contributed by atoms with Crippen LogP contribution in [0.4, 0.5) is 0 Å². The van der Waals surface area contributed by atoms with Crippen molar-refractivity contribution in [2.24, 2.45) is 0 Å². The molecule has 4 heteroatoms. The summed E-state index contributed by atoms with van der Waals surface area (Å²) in [5.74, 6) is 0. The lowest BCUT2D eigenvalue weighted by molar-refractivity contribution is -0.0212. The van der Waals surface area contributed by atoms with E-state index in [2.05, 4.69) is 65.8 Å². The van der Waals surface area contributed by atoms with Crippen LogP contribution in [0.5, 0.6) is 0 Å². The molecular formula is C19H26N2OS. The lowest BCUT2D eigenvalue weighted by atomic mass is 10.1. The predicted molar refractivity (Wildman–Crippen MR) is 96.7 cm³/mol. The zero-order valence-electron chi connectivity index (χ0n) is 14.0. The van der Waals surface area contributed by atoms with Crippen molar-refractivity contribution in [3.05, 3.63) is 57.8 Å². The van der Waals surface area contributed by atoms with E-state index < -0.39 is 0 Å². The normalized spacial score (nSPS) is 20.5. The number of nitrogens with one attached hydrogen (secondary N) is 1. The Morgan fingerprint density at radius 1 is 1.30 bits per heavy atom. The van der Waals surface area contributed by atoms with E-state index >= 15 is 0 Å². The van der Waals surface area contributed by atoms with E-state index in [9.17, 15) is 0 Å². The van der Waals surface area contributed by atoms with Crippen LogP contribution in [0.3, 0.4) is 0 Å². The van der Waals surface area contributed by atoms with Crippen LogP contribution in [0.2, 0.25) is 0 Å². The summed E-state index contributed by atoms with van der Waals surface area (Å²) < 4.78 is 5.62. The molecule has 2 heterocycles. The van der Waals surface area contributed by atoms with Crippen LogP contribution in [-0.4, -0.2) is 30.7 Å². The number of morpholine rings is 1. The fourth-order valence-corrected chi connectivity index (χ4v) is 3.80. The molecule has 0 aliphatic carbocycles. The number of hydrogen-bond acceptors (Lipinski definition) is 4. The number of hydrogen-bond donors (Lipinski definition) is 1. The summed E-state index contributed by atoms with van der Waals surface area (Å²) in [6.07, 6.45) is 0.347. The predicted octanol–water partition coefficient (Wildman–Crippen LogP) is 3.82. The van der Waals surface area contributed by atoms with Crippen molar-refractivity contribution in [3.8, 4) is 0 Å². The van der Waals surface area contributed by atoms with Gasteiger partial charge >= 0.3 is 0 Å². The third-order valence-electron chi connectivity index (χ3n) is 4.31. The maximum atomic E-state index is 5.62. The Balaban J connectivity index is 1.54. The molecule has 23 heavy (non-hydrogen) atoms. The van der Waals surface area contributed by atoms with Gasteiger partial charge in [0, 0.05) is 37.1 Å². The lowest BCUT2D eigenvalue weighted by Crippen LogP contribution is -2.40. The van der Waals surface area contributed by atoms with E-state index in [1.54, 1.807) is 0 Å². The fourth-order valence-electron chi connectivity index (χ4n) is 3.04. The topological polar surface area (TPSA) is 24.5 Å². The summed E-state index contributed by atoms with van der Waals surface area (Å²) in [6, 6.07) is 13.6. The average molecular weight is 330 g/mol. The molecule has 2 unspecified atom stereocenters. The highest BCUT2D eigenvalue weighted by molar-refractivity contribution is 7.10. The van der Waals surface area contributed by atoms with Gasteiger partial charge in [-0.15, -0.1) is 11.3 Å². The zero-order chi connectivity index (χ0) is 16.1. The van der Waals surface area contributed by atoms with Gasteiger partial charge in [0.05, 0.1) is 12.7 Å². The van der Waals surface area contributed by atoms with Crippen LogP contribution in [0.1, 0.15) is 35.9 Å². The van der Waals surface area contributed by atoms with E-state index in [0.717, 1.165) is 32.8 Å². The Morgan fingerprint density at radius 3 is 2.96 bits per heavy atom.